The van der Waals surface area contributed by atoms with Gasteiger partial charge in [-0.3, -0.25) is 4.90 Å². The summed E-state index contributed by atoms with van der Waals surface area (Å²) in [4.78, 5) is 1.99. The highest BCUT2D eigenvalue weighted by atomic mass is 19.3. The van der Waals surface area contributed by atoms with Crippen LogP contribution in [0.1, 0.15) is 27.7 Å². The molecule has 96 valence electrons. The van der Waals surface area contributed by atoms with Crippen molar-refractivity contribution in [2.75, 3.05) is 19.7 Å². The summed E-state index contributed by atoms with van der Waals surface area (Å²) in [6, 6.07) is 0.280. The normalized spacial score (nSPS) is 22.6. The van der Waals surface area contributed by atoms with E-state index in [1.54, 1.807) is 0 Å². The van der Waals surface area contributed by atoms with Crippen LogP contribution in [0.15, 0.2) is 12.7 Å². The summed E-state index contributed by atoms with van der Waals surface area (Å²) >= 11 is 0. The molecule has 0 aromatic rings. The first-order valence-corrected chi connectivity index (χ1v) is 5.84. The fraction of sp³-hybridized carbons (Fsp3) is 0.833. The Balaban J connectivity index is 0.00000106. The third-order valence-corrected chi connectivity index (χ3v) is 2.53. The van der Waals surface area contributed by atoms with Crippen LogP contribution < -0.4 is 0 Å². The third kappa shape index (κ3) is 4.18. The number of hydrogen-bond acceptors (Lipinski definition) is 2. The Hall–Kier alpha value is -0.480. The number of alkyl halides is 2. The smallest absolute Gasteiger partial charge is 0.293 e. The minimum Gasteiger partial charge on any atom is -0.369 e. The average Bonchev–Trinajstić information content (AvgIpc) is 2.32. The molecule has 0 spiro atoms. The van der Waals surface area contributed by atoms with Crippen LogP contribution in [0.3, 0.4) is 0 Å². The van der Waals surface area contributed by atoms with Crippen molar-refractivity contribution in [3.05, 3.63) is 12.7 Å². The molecular formula is C12H23F2NO. The highest BCUT2D eigenvalue weighted by Crippen LogP contribution is 2.25. The molecule has 16 heavy (non-hydrogen) atoms. The molecule has 4 heteroatoms. The van der Waals surface area contributed by atoms with Crippen molar-refractivity contribution in [1.29, 1.82) is 0 Å². The Bertz CT molecular complexity index is 207. The zero-order valence-corrected chi connectivity index (χ0v) is 10.7. The molecule has 1 rings (SSSR count). The standard InChI is InChI=1S/C10H17F2NO.C2H6/c1-4-10(11,12)9-7-13(8(2)3)5-6-14-9;1-2/h4,8-9H,1,5-7H2,2-3H3;1-2H3. The molecule has 0 N–H and O–H groups in total. The highest BCUT2D eigenvalue weighted by molar-refractivity contribution is 4.96. The van der Waals surface area contributed by atoms with Crippen LogP contribution in [-0.2, 0) is 4.74 Å². The van der Waals surface area contributed by atoms with Gasteiger partial charge < -0.3 is 4.74 Å². The largest absolute Gasteiger partial charge is 0.369 e. The third-order valence-electron chi connectivity index (χ3n) is 2.53. The molecule has 1 saturated heterocycles. The van der Waals surface area contributed by atoms with E-state index in [2.05, 4.69) is 6.58 Å². The van der Waals surface area contributed by atoms with Crippen LogP contribution in [0.2, 0.25) is 0 Å². The monoisotopic (exact) mass is 235 g/mol. The van der Waals surface area contributed by atoms with Crippen molar-refractivity contribution < 1.29 is 13.5 Å². The number of nitrogens with zero attached hydrogens (tertiary/aromatic N) is 1. The van der Waals surface area contributed by atoms with Gasteiger partial charge in [0, 0.05) is 19.1 Å². The van der Waals surface area contributed by atoms with Crippen LogP contribution in [-0.4, -0.2) is 42.7 Å². The lowest BCUT2D eigenvalue weighted by Crippen LogP contribution is -2.51. The number of rotatable bonds is 3. The zero-order valence-electron chi connectivity index (χ0n) is 10.7. The van der Waals surface area contributed by atoms with Crippen LogP contribution >= 0.6 is 0 Å². The van der Waals surface area contributed by atoms with Crippen molar-refractivity contribution in [3.8, 4) is 0 Å². The van der Waals surface area contributed by atoms with Crippen molar-refractivity contribution in [1.82, 2.24) is 4.90 Å². The number of morpholine rings is 1. The lowest BCUT2D eigenvalue weighted by molar-refractivity contribution is -0.145. The van der Waals surface area contributed by atoms with E-state index >= 15 is 0 Å². The summed E-state index contributed by atoms with van der Waals surface area (Å²) in [6.45, 7) is 12.5. The number of halogens is 2. The van der Waals surface area contributed by atoms with Crippen LogP contribution in [0.4, 0.5) is 8.78 Å². The summed E-state index contributed by atoms with van der Waals surface area (Å²) in [5.74, 6) is -2.92. The molecule has 1 unspecified atom stereocenters. The summed E-state index contributed by atoms with van der Waals surface area (Å²) in [5.41, 5.74) is 0. The molecule has 1 aliphatic heterocycles. The summed E-state index contributed by atoms with van der Waals surface area (Å²) in [5, 5.41) is 0. The Labute approximate surface area is 97.3 Å². The SMILES string of the molecule is C=CC(F)(F)C1CN(C(C)C)CCO1.CC. The maximum Gasteiger partial charge on any atom is 0.293 e. The molecular weight excluding hydrogens is 212 g/mol. The van der Waals surface area contributed by atoms with E-state index in [0.29, 0.717) is 12.7 Å². The second kappa shape index (κ2) is 6.97. The molecule has 0 radical (unpaired) electrons. The first-order chi connectivity index (χ1) is 7.47. The van der Waals surface area contributed by atoms with Crippen LogP contribution in [0, 0.1) is 0 Å². The molecule has 0 amide bonds. The number of hydrogen-bond donors (Lipinski definition) is 0. The fourth-order valence-corrected chi connectivity index (χ4v) is 1.50. The van der Waals surface area contributed by atoms with Gasteiger partial charge in [-0.2, -0.15) is 8.78 Å². The van der Waals surface area contributed by atoms with Gasteiger partial charge in [-0.25, -0.2) is 0 Å². The molecule has 0 aromatic carbocycles. The molecule has 0 saturated carbocycles. The van der Waals surface area contributed by atoms with Crippen LogP contribution in [0.5, 0.6) is 0 Å². The predicted octanol–water partition coefficient (Wildman–Crippen LogP) is 2.94. The maximum absolute atomic E-state index is 13.2. The van der Waals surface area contributed by atoms with Gasteiger partial charge in [-0.05, 0) is 19.9 Å². The minimum atomic E-state index is -2.92. The van der Waals surface area contributed by atoms with Gasteiger partial charge in [-0.15, -0.1) is 0 Å². The topological polar surface area (TPSA) is 12.5 Å². The molecule has 2 nitrogen and oxygen atoms in total. The van der Waals surface area contributed by atoms with E-state index in [1.807, 2.05) is 32.6 Å². The summed E-state index contributed by atoms with van der Waals surface area (Å²) in [7, 11) is 0. The Morgan fingerprint density at radius 1 is 1.44 bits per heavy atom. The van der Waals surface area contributed by atoms with Gasteiger partial charge in [0.25, 0.3) is 5.92 Å². The van der Waals surface area contributed by atoms with Crippen molar-refractivity contribution in [2.45, 2.75) is 45.8 Å². The summed E-state index contributed by atoms with van der Waals surface area (Å²) < 4.78 is 31.5. The van der Waals surface area contributed by atoms with E-state index in [0.717, 1.165) is 6.54 Å². The van der Waals surface area contributed by atoms with E-state index in [9.17, 15) is 8.78 Å². The molecule has 1 atom stereocenters. The highest BCUT2D eigenvalue weighted by Gasteiger charge is 2.40. The van der Waals surface area contributed by atoms with E-state index < -0.39 is 12.0 Å². The Kier molecular flexibility index (Phi) is 6.76. The molecule has 0 bridgehead atoms. The minimum absolute atomic E-state index is 0.274. The average molecular weight is 235 g/mol. The first-order valence-electron chi connectivity index (χ1n) is 5.84. The second-order valence-corrected chi connectivity index (χ2v) is 3.83. The Morgan fingerprint density at radius 3 is 2.44 bits per heavy atom. The van der Waals surface area contributed by atoms with Crippen LogP contribution in [0.25, 0.3) is 0 Å². The van der Waals surface area contributed by atoms with E-state index in [4.69, 9.17) is 4.74 Å². The van der Waals surface area contributed by atoms with Crippen molar-refractivity contribution in [3.63, 3.8) is 0 Å². The first kappa shape index (κ1) is 15.5. The zero-order chi connectivity index (χ0) is 12.8. The molecule has 1 fully saturated rings. The Morgan fingerprint density at radius 2 is 2.00 bits per heavy atom. The van der Waals surface area contributed by atoms with Crippen molar-refractivity contribution >= 4 is 0 Å². The number of ether oxygens (including phenoxy) is 1. The maximum atomic E-state index is 13.2. The van der Waals surface area contributed by atoms with E-state index in [1.165, 1.54) is 0 Å². The lowest BCUT2D eigenvalue weighted by Gasteiger charge is -2.37. The van der Waals surface area contributed by atoms with Gasteiger partial charge in [0.05, 0.1) is 6.61 Å². The molecule has 1 heterocycles. The van der Waals surface area contributed by atoms with E-state index in [-0.39, 0.29) is 12.6 Å². The molecule has 0 aromatic heterocycles. The quantitative estimate of drug-likeness (QED) is 0.697. The second-order valence-electron chi connectivity index (χ2n) is 3.83. The molecule has 1 aliphatic rings. The van der Waals surface area contributed by atoms with Crippen molar-refractivity contribution in [2.24, 2.45) is 0 Å². The van der Waals surface area contributed by atoms with Gasteiger partial charge in [0.1, 0.15) is 6.10 Å². The summed E-state index contributed by atoms with van der Waals surface area (Å²) in [6.07, 6.45) is -0.377. The molecule has 0 aliphatic carbocycles. The van der Waals surface area contributed by atoms with Gasteiger partial charge in [0.2, 0.25) is 0 Å². The van der Waals surface area contributed by atoms with Gasteiger partial charge in [-0.1, -0.05) is 20.4 Å². The van der Waals surface area contributed by atoms with Gasteiger partial charge >= 0.3 is 0 Å². The lowest BCUT2D eigenvalue weighted by atomic mass is 10.1. The predicted molar refractivity (Wildman–Crippen MR) is 62.9 cm³/mol. The van der Waals surface area contributed by atoms with Gasteiger partial charge in [0.15, 0.2) is 0 Å². The fourth-order valence-electron chi connectivity index (χ4n) is 1.50.